The summed E-state index contributed by atoms with van der Waals surface area (Å²) in [5, 5.41) is 0. The molecule has 2 heteroatoms. The van der Waals surface area contributed by atoms with E-state index in [1.807, 2.05) is 20.0 Å². The third-order valence-electron chi connectivity index (χ3n) is 3.48. The van der Waals surface area contributed by atoms with E-state index < -0.39 is 0 Å². The van der Waals surface area contributed by atoms with Crippen LogP contribution in [0.4, 0.5) is 0 Å². The first-order valence-corrected chi connectivity index (χ1v) is 5.12. The van der Waals surface area contributed by atoms with Gasteiger partial charge in [-0.1, -0.05) is 13.8 Å². The van der Waals surface area contributed by atoms with E-state index in [0.717, 1.165) is 17.7 Å². The molecule has 1 unspecified atom stereocenters. The van der Waals surface area contributed by atoms with Crippen molar-refractivity contribution in [3.05, 3.63) is 23.0 Å². The topological polar surface area (TPSA) is 32.9 Å². The number of hydrogen-bond acceptors (Lipinski definition) is 1. The summed E-state index contributed by atoms with van der Waals surface area (Å²) in [5.41, 5.74) is 3.32. The lowest BCUT2D eigenvalue weighted by molar-refractivity contribution is 0.0948. The molecule has 1 atom stereocenters. The number of nitrogens with one attached hydrogen (secondary N) is 1. The smallest absolute Gasteiger partial charge is 0.182 e. The summed E-state index contributed by atoms with van der Waals surface area (Å²) in [7, 11) is 0. The molecule has 0 spiro atoms. The number of carbonyl (C=O) groups is 1. The molecule has 0 aliphatic heterocycles. The maximum Gasteiger partial charge on any atom is 0.182 e. The lowest BCUT2D eigenvalue weighted by Crippen LogP contribution is -2.08. The zero-order valence-electron chi connectivity index (χ0n) is 9.27. The Morgan fingerprint density at radius 1 is 1.50 bits per heavy atom. The monoisotopic (exact) mass is 191 g/mol. The molecule has 2 nitrogen and oxygen atoms in total. The fraction of sp³-hybridized carbons (Fsp3) is 0.583. The molecule has 0 amide bonds. The van der Waals surface area contributed by atoms with Crippen molar-refractivity contribution >= 4 is 5.78 Å². The molecule has 1 aliphatic carbocycles. The van der Waals surface area contributed by atoms with Crippen molar-refractivity contribution in [2.75, 3.05) is 0 Å². The molecule has 1 aromatic rings. The van der Waals surface area contributed by atoms with E-state index in [2.05, 4.69) is 18.8 Å². The molecule has 1 saturated carbocycles. The van der Waals surface area contributed by atoms with E-state index in [-0.39, 0.29) is 11.3 Å². The lowest BCUT2D eigenvalue weighted by atomic mass is 10.0. The maximum atomic E-state index is 12.0. The molecule has 0 aromatic carbocycles. The second-order valence-electron chi connectivity index (χ2n) is 5.08. The predicted octanol–water partition coefficient (Wildman–Crippen LogP) is 2.86. The van der Waals surface area contributed by atoms with Gasteiger partial charge < -0.3 is 4.98 Å². The van der Waals surface area contributed by atoms with Crippen LogP contribution in [0.2, 0.25) is 0 Å². The SMILES string of the molecule is Cc1c[nH]c(C(=O)C2CC2(C)C)c1C. The number of H-pyrrole nitrogens is 1. The van der Waals surface area contributed by atoms with E-state index in [0.29, 0.717) is 5.78 Å². The standard InChI is InChI=1S/C12H17NO/c1-7-6-13-10(8(7)2)11(14)9-5-12(9,3)4/h6,9,13H,5H2,1-4H3. The van der Waals surface area contributed by atoms with Gasteiger partial charge in [0.15, 0.2) is 5.78 Å². The van der Waals surface area contributed by atoms with E-state index in [4.69, 9.17) is 0 Å². The average molecular weight is 191 g/mol. The largest absolute Gasteiger partial charge is 0.358 e. The van der Waals surface area contributed by atoms with Crippen LogP contribution in [0, 0.1) is 25.2 Å². The van der Waals surface area contributed by atoms with Crippen LogP contribution in [0.25, 0.3) is 0 Å². The van der Waals surface area contributed by atoms with Crippen molar-refractivity contribution in [2.45, 2.75) is 34.1 Å². The fourth-order valence-electron chi connectivity index (χ4n) is 1.94. The van der Waals surface area contributed by atoms with E-state index in [1.165, 1.54) is 5.56 Å². The van der Waals surface area contributed by atoms with Crippen molar-refractivity contribution in [1.82, 2.24) is 4.98 Å². The minimum Gasteiger partial charge on any atom is -0.358 e. The first-order chi connectivity index (χ1) is 6.43. The summed E-state index contributed by atoms with van der Waals surface area (Å²) in [6.45, 7) is 8.34. The Bertz CT molecular complexity index is 387. The highest BCUT2D eigenvalue weighted by atomic mass is 16.1. The molecule has 0 bridgehead atoms. The Morgan fingerprint density at radius 2 is 2.07 bits per heavy atom. The van der Waals surface area contributed by atoms with Gasteiger partial charge >= 0.3 is 0 Å². The van der Waals surface area contributed by atoms with E-state index in [9.17, 15) is 4.79 Å². The summed E-state index contributed by atoms with van der Waals surface area (Å²) in [6.07, 6.45) is 2.95. The van der Waals surface area contributed by atoms with Crippen molar-refractivity contribution < 1.29 is 4.79 Å². The van der Waals surface area contributed by atoms with Gasteiger partial charge in [-0.05, 0) is 36.8 Å². The molecule has 1 fully saturated rings. The van der Waals surface area contributed by atoms with Gasteiger partial charge in [-0.2, -0.15) is 0 Å². The second kappa shape index (κ2) is 2.72. The Balaban J connectivity index is 2.25. The Labute approximate surface area is 84.7 Å². The average Bonchev–Trinajstić information content (AvgIpc) is 2.61. The van der Waals surface area contributed by atoms with Gasteiger partial charge in [-0.15, -0.1) is 0 Å². The molecule has 0 radical (unpaired) electrons. The van der Waals surface area contributed by atoms with Gasteiger partial charge in [-0.25, -0.2) is 0 Å². The number of ketones is 1. The lowest BCUT2D eigenvalue weighted by Gasteiger charge is -2.02. The molecule has 0 saturated heterocycles. The van der Waals surface area contributed by atoms with Crippen LogP contribution in [0.15, 0.2) is 6.20 Å². The Hall–Kier alpha value is -1.05. The molecule has 1 aromatic heterocycles. The quantitative estimate of drug-likeness (QED) is 0.716. The Kier molecular flexibility index (Phi) is 1.85. The first-order valence-electron chi connectivity index (χ1n) is 5.12. The molecule has 76 valence electrons. The summed E-state index contributed by atoms with van der Waals surface area (Å²) >= 11 is 0. The molecule has 1 N–H and O–H groups in total. The van der Waals surface area contributed by atoms with Crippen LogP contribution in [0.3, 0.4) is 0 Å². The molecular formula is C12H17NO. The third kappa shape index (κ3) is 1.29. The predicted molar refractivity (Wildman–Crippen MR) is 56.5 cm³/mol. The number of aryl methyl sites for hydroxylation is 1. The van der Waals surface area contributed by atoms with E-state index in [1.54, 1.807) is 0 Å². The van der Waals surface area contributed by atoms with Crippen molar-refractivity contribution in [3.8, 4) is 0 Å². The zero-order valence-corrected chi connectivity index (χ0v) is 9.27. The maximum absolute atomic E-state index is 12.0. The third-order valence-corrected chi connectivity index (χ3v) is 3.48. The molecule has 1 heterocycles. The molecule has 1 aliphatic rings. The minimum atomic E-state index is 0.225. The number of Topliss-reactive ketones (excluding diaryl/α,β-unsaturated/α-hetero) is 1. The Morgan fingerprint density at radius 3 is 2.43 bits per heavy atom. The summed E-state index contributed by atoms with van der Waals surface area (Å²) in [4.78, 5) is 15.1. The molecule has 14 heavy (non-hydrogen) atoms. The molecular weight excluding hydrogens is 174 g/mol. The van der Waals surface area contributed by atoms with Crippen LogP contribution < -0.4 is 0 Å². The number of hydrogen-bond donors (Lipinski definition) is 1. The summed E-state index contributed by atoms with van der Waals surface area (Å²) < 4.78 is 0. The highest BCUT2D eigenvalue weighted by molar-refractivity contribution is 6.00. The van der Waals surface area contributed by atoms with Gasteiger partial charge in [0.25, 0.3) is 0 Å². The second-order valence-corrected chi connectivity index (χ2v) is 5.08. The number of aromatic amines is 1. The van der Waals surface area contributed by atoms with Crippen LogP contribution >= 0.6 is 0 Å². The summed E-state index contributed by atoms with van der Waals surface area (Å²) in [6, 6.07) is 0. The van der Waals surface area contributed by atoms with Crippen molar-refractivity contribution in [2.24, 2.45) is 11.3 Å². The molecule has 2 rings (SSSR count). The normalized spacial score (nSPS) is 23.6. The van der Waals surface area contributed by atoms with Gasteiger partial charge in [-0.3, -0.25) is 4.79 Å². The number of aromatic nitrogens is 1. The van der Waals surface area contributed by atoms with Gasteiger partial charge in [0.05, 0.1) is 5.69 Å². The van der Waals surface area contributed by atoms with Gasteiger partial charge in [0.2, 0.25) is 0 Å². The highest BCUT2D eigenvalue weighted by Crippen LogP contribution is 2.53. The van der Waals surface area contributed by atoms with Crippen molar-refractivity contribution in [3.63, 3.8) is 0 Å². The number of carbonyl (C=O) groups excluding carboxylic acids is 1. The highest BCUT2D eigenvalue weighted by Gasteiger charge is 2.51. The van der Waals surface area contributed by atoms with Gasteiger partial charge in [0, 0.05) is 12.1 Å². The minimum absolute atomic E-state index is 0.225. The van der Waals surface area contributed by atoms with Crippen LogP contribution in [0.1, 0.15) is 41.9 Å². The van der Waals surface area contributed by atoms with Crippen molar-refractivity contribution in [1.29, 1.82) is 0 Å². The number of rotatable bonds is 2. The van der Waals surface area contributed by atoms with Crippen LogP contribution in [0.5, 0.6) is 0 Å². The first kappa shape index (κ1) is 9.50. The van der Waals surface area contributed by atoms with Gasteiger partial charge in [0.1, 0.15) is 0 Å². The van der Waals surface area contributed by atoms with E-state index >= 15 is 0 Å². The summed E-state index contributed by atoms with van der Waals surface area (Å²) in [5.74, 6) is 0.528. The fourth-order valence-corrected chi connectivity index (χ4v) is 1.94. The van der Waals surface area contributed by atoms with Crippen LogP contribution in [-0.4, -0.2) is 10.8 Å². The zero-order chi connectivity index (χ0) is 10.5. The van der Waals surface area contributed by atoms with Crippen LogP contribution in [-0.2, 0) is 0 Å².